The molecule has 0 bridgehead atoms. The highest BCUT2D eigenvalue weighted by Crippen LogP contribution is 2.45. The van der Waals surface area contributed by atoms with Crippen LogP contribution in [0, 0.1) is 20.4 Å². The summed E-state index contributed by atoms with van der Waals surface area (Å²) in [7, 11) is 2.17. The van der Waals surface area contributed by atoms with Crippen LogP contribution in [0.15, 0.2) is 60.8 Å². The Labute approximate surface area is 254 Å². The lowest BCUT2D eigenvalue weighted by molar-refractivity contribution is -0.643. The van der Waals surface area contributed by atoms with E-state index in [0.717, 1.165) is 10.9 Å². The Morgan fingerprint density at radius 2 is 1.44 bits per heavy atom. The number of rotatable bonds is 4. The molecule has 7 rings (SSSR count). The van der Waals surface area contributed by atoms with Gasteiger partial charge in [-0.25, -0.2) is 9.41 Å². The Hall–Kier alpha value is -4.42. The molecule has 0 amide bonds. The maximum Gasteiger partial charge on any atom is 0.224 e. The predicted octanol–water partition coefficient (Wildman–Crippen LogP) is 11.0. The van der Waals surface area contributed by atoms with Crippen molar-refractivity contribution >= 4 is 54.7 Å². The molecule has 3 heterocycles. The van der Waals surface area contributed by atoms with E-state index in [9.17, 15) is 0 Å². The fraction of sp³-hybridized carbons (Fsp3) is 0.300. The zero-order valence-electron chi connectivity index (χ0n) is 26.8. The minimum atomic E-state index is 0.403. The molecule has 0 aliphatic carbocycles. The van der Waals surface area contributed by atoms with E-state index in [1.807, 2.05) is 6.07 Å². The molecule has 0 fully saturated rings. The van der Waals surface area contributed by atoms with Crippen LogP contribution in [-0.4, -0.2) is 4.40 Å². The van der Waals surface area contributed by atoms with E-state index in [2.05, 4.69) is 131 Å². The van der Waals surface area contributed by atoms with E-state index < -0.39 is 0 Å². The Morgan fingerprint density at radius 3 is 2.07 bits per heavy atom. The van der Waals surface area contributed by atoms with Gasteiger partial charge in [-0.05, 0) is 112 Å². The average Bonchev–Trinajstić information content (AvgIpc) is 3.30. The molecule has 3 heteroatoms. The lowest BCUT2D eigenvalue weighted by atomic mass is 9.81. The van der Waals surface area contributed by atoms with E-state index in [-0.39, 0.29) is 0 Å². The largest absolute Gasteiger partial charge is 0.308 e. The summed E-state index contributed by atoms with van der Waals surface area (Å²) in [6.07, 6.45) is 2.22. The monoisotopic (exact) mass is 562 g/mol. The number of pyridine rings is 2. The zero-order valence-corrected chi connectivity index (χ0v) is 26.8. The first kappa shape index (κ1) is 27.4. The number of benzene rings is 4. The van der Waals surface area contributed by atoms with Crippen molar-refractivity contribution in [2.24, 2.45) is 7.05 Å². The quantitative estimate of drug-likeness (QED) is 0.0876. The molecule has 3 nitrogen and oxygen atoms in total. The van der Waals surface area contributed by atoms with Gasteiger partial charge in [-0.2, -0.15) is 0 Å². The third-order valence-corrected chi connectivity index (χ3v) is 9.80. The molecular weight excluding hydrogens is 522 g/mol. The van der Waals surface area contributed by atoms with Gasteiger partial charge < -0.3 is 4.40 Å². The topological polar surface area (TPSA) is 12.6 Å². The number of aryl methyl sites for hydroxylation is 3. The van der Waals surface area contributed by atoms with Gasteiger partial charge >= 0.3 is 0 Å². The Kier molecular flexibility index (Phi) is 6.09. The van der Waals surface area contributed by atoms with Gasteiger partial charge in [0.25, 0.3) is 0 Å². The van der Waals surface area contributed by atoms with Crippen LogP contribution in [0.5, 0.6) is 0 Å². The normalized spacial score (nSPS) is 12.4. The summed E-state index contributed by atoms with van der Waals surface area (Å²) < 4.78 is 4.79. The van der Waals surface area contributed by atoms with Crippen molar-refractivity contribution in [2.45, 2.75) is 73.1 Å². The minimum absolute atomic E-state index is 0.403. The van der Waals surface area contributed by atoms with Crippen molar-refractivity contribution in [3.05, 3.63) is 100 Å². The van der Waals surface area contributed by atoms with Crippen LogP contribution in [-0.2, 0) is 7.05 Å². The number of aromatic nitrogens is 2. The Balaban J connectivity index is 1.75. The van der Waals surface area contributed by atoms with Crippen molar-refractivity contribution in [1.29, 1.82) is 0 Å². The third-order valence-electron chi connectivity index (χ3n) is 9.80. The molecule has 0 saturated heterocycles. The lowest BCUT2D eigenvalue weighted by Crippen LogP contribution is -2.29. The van der Waals surface area contributed by atoms with Gasteiger partial charge in [-0.1, -0.05) is 59.7 Å². The van der Waals surface area contributed by atoms with Gasteiger partial charge in [0, 0.05) is 11.5 Å². The van der Waals surface area contributed by atoms with E-state index in [1.54, 1.807) is 0 Å². The van der Waals surface area contributed by atoms with Gasteiger partial charge in [0.1, 0.15) is 7.05 Å². The summed E-state index contributed by atoms with van der Waals surface area (Å²) in [4.78, 5) is 3.80. The van der Waals surface area contributed by atoms with Crippen molar-refractivity contribution in [1.82, 2.24) is 4.40 Å². The molecule has 4 aromatic carbocycles. The standard InChI is InChI=1S/C40H40N3/c1-21(2)27-17-30(22(3)4)37(31(18-27)23(5)6)28-16-26-13-14-42(10)40-36-25(8)24(7)15-33-32-20-29(41-9)11-12-34(32)43(39(33)36)35(19-28)38(26)40/h11-23H,1-8,10H3/q+1. The van der Waals surface area contributed by atoms with Crippen molar-refractivity contribution in [3.8, 4) is 11.1 Å². The van der Waals surface area contributed by atoms with Crippen molar-refractivity contribution < 1.29 is 4.57 Å². The highest BCUT2D eigenvalue weighted by atomic mass is 15.0. The summed E-state index contributed by atoms with van der Waals surface area (Å²) >= 11 is 0. The van der Waals surface area contributed by atoms with Crippen LogP contribution in [0.4, 0.5) is 5.69 Å². The van der Waals surface area contributed by atoms with Crippen molar-refractivity contribution in [2.75, 3.05) is 0 Å². The smallest absolute Gasteiger partial charge is 0.224 e. The van der Waals surface area contributed by atoms with Gasteiger partial charge in [-0.3, -0.25) is 0 Å². The summed E-state index contributed by atoms with van der Waals surface area (Å²) in [6, 6.07) is 20.6. The second-order valence-corrected chi connectivity index (χ2v) is 13.5. The molecule has 3 aromatic heterocycles. The fourth-order valence-electron chi connectivity index (χ4n) is 7.40. The van der Waals surface area contributed by atoms with Crippen LogP contribution in [0.1, 0.15) is 87.1 Å². The summed E-state index contributed by atoms with van der Waals surface area (Å²) in [5.41, 5.74) is 15.1. The molecule has 0 aliphatic heterocycles. The van der Waals surface area contributed by atoms with Crippen LogP contribution >= 0.6 is 0 Å². The molecular formula is C40H40N3+. The number of fused-ring (bicyclic) bond motifs is 5. The summed E-state index contributed by atoms with van der Waals surface area (Å²) in [5.74, 6) is 1.28. The first-order valence-electron chi connectivity index (χ1n) is 15.6. The average molecular weight is 563 g/mol. The zero-order chi connectivity index (χ0) is 30.5. The summed E-state index contributed by atoms with van der Waals surface area (Å²) in [5, 5.41) is 6.22. The van der Waals surface area contributed by atoms with Crippen molar-refractivity contribution in [3.63, 3.8) is 0 Å². The first-order valence-corrected chi connectivity index (χ1v) is 15.6. The van der Waals surface area contributed by atoms with E-state index >= 15 is 0 Å². The number of hydrogen-bond acceptors (Lipinski definition) is 0. The molecule has 0 N–H and O–H groups in total. The van der Waals surface area contributed by atoms with E-state index in [1.165, 1.54) is 77.0 Å². The van der Waals surface area contributed by atoms with Crippen LogP contribution in [0.2, 0.25) is 0 Å². The summed E-state index contributed by atoms with van der Waals surface area (Å²) in [6.45, 7) is 26.1. The Bertz CT molecular complexity index is 2280. The van der Waals surface area contributed by atoms with Crippen LogP contribution in [0.25, 0.3) is 65.0 Å². The third kappa shape index (κ3) is 3.82. The molecule has 214 valence electrons. The minimum Gasteiger partial charge on any atom is -0.308 e. The first-order chi connectivity index (χ1) is 20.5. The molecule has 0 saturated carbocycles. The van der Waals surface area contributed by atoms with Gasteiger partial charge in [0.05, 0.1) is 33.9 Å². The predicted molar refractivity (Wildman–Crippen MR) is 183 cm³/mol. The lowest BCUT2D eigenvalue weighted by Gasteiger charge is -2.24. The van der Waals surface area contributed by atoms with Gasteiger partial charge in [0.2, 0.25) is 5.52 Å². The molecule has 0 spiro atoms. The number of nitrogens with zero attached hydrogens (tertiary/aromatic N) is 3. The SMILES string of the molecule is [C-]#[N+]c1ccc2c(c1)c1cc(C)c(C)c3c1n2c1cc(-c2c(C(C)C)cc(C(C)C)cc2C(C)C)cc2cc[n+](C)c3c21. The fourth-order valence-corrected chi connectivity index (χ4v) is 7.40. The second-order valence-electron chi connectivity index (χ2n) is 13.5. The Morgan fingerprint density at radius 1 is 0.744 bits per heavy atom. The number of hydrogen-bond donors (Lipinski definition) is 0. The highest BCUT2D eigenvalue weighted by molar-refractivity contribution is 6.26. The molecule has 0 aliphatic rings. The maximum absolute atomic E-state index is 7.72. The second kappa shape index (κ2) is 9.55. The van der Waals surface area contributed by atoms with Gasteiger partial charge in [-0.15, -0.1) is 0 Å². The maximum atomic E-state index is 7.72. The highest BCUT2D eigenvalue weighted by Gasteiger charge is 2.27. The van der Waals surface area contributed by atoms with Crippen LogP contribution in [0.3, 0.4) is 0 Å². The van der Waals surface area contributed by atoms with Gasteiger partial charge in [0.15, 0.2) is 11.9 Å². The molecule has 0 unspecified atom stereocenters. The van der Waals surface area contributed by atoms with E-state index in [4.69, 9.17) is 6.57 Å². The molecule has 43 heavy (non-hydrogen) atoms. The van der Waals surface area contributed by atoms with Crippen LogP contribution < -0.4 is 4.57 Å². The molecule has 0 atom stereocenters. The molecule has 0 radical (unpaired) electrons. The molecule has 7 aromatic rings. The van der Waals surface area contributed by atoms with E-state index in [0.29, 0.717) is 23.4 Å².